The van der Waals surface area contributed by atoms with E-state index in [0.717, 1.165) is 0 Å². The predicted octanol–water partition coefficient (Wildman–Crippen LogP) is 2.80. The SMILES string of the molecule is COC(=O)C1=C(N[C@H](CNC(=O)OC(C)(C)C)C(C)C)c2cc(OC)ccc2S1=O. The smallest absolute Gasteiger partial charge is 0.407 e. The van der Waals surface area contributed by atoms with Crippen molar-refractivity contribution in [2.75, 3.05) is 20.8 Å². The lowest BCUT2D eigenvalue weighted by Crippen LogP contribution is -2.45. The molecule has 1 aromatic carbocycles. The lowest BCUT2D eigenvalue weighted by atomic mass is 10.0. The minimum Gasteiger partial charge on any atom is -0.497 e. The van der Waals surface area contributed by atoms with Crippen LogP contribution in [0, 0.1) is 5.92 Å². The number of hydrogen-bond acceptors (Lipinski definition) is 7. The van der Waals surface area contributed by atoms with E-state index >= 15 is 0 Å². The highest BCUT2D eigenvalue weighted by Crippen LogP contribution is 2.38. The van der Waals surface area contributed by atoms with Crippen LogP contribution in [0.4, 0.5) is 4.79 Å². The van der Waals surface area contributed by atoms with E-state index in [1.54, 1.807) is 39.0 Å². The number of esters is 1. The normalized spacial score (nSPS) is 16.7. The van der Waals surface area contributed by atoms with Crippen LogP contribution in [0.25, 0.3) is 5.70 Å². The van der Waals surface area contributed by atoms with Crippen molar-refractivity contribution in [3.8, 4) is 5.75 Å². The van der Waals surface area contributed by atoms with E-state index in [0.29, 0.717) is 21.9 Å². The molecule has 8 nitrogen and oxygen atoms in total. The second-order valence-corrected chi connectivity index (χ2v) is 9.59. The van der Waals surface area contributed by atoms with Crippen molar-refractivity contribution >= 4 is 28.6 Å². The molecular weight excluding hydrogens is 408 g/mol. The van der Waals surface area contributed by atoms with Gasteiger partial charge in [-0.25, -0.2) is 13.8 Å². The first-order chi connectivity index (χ1) is 14.0. The van der Waals surface area contributed by atoms with Crippen molar-refractivity contribution in [3.63, 3.8) is 0 Å². The standard InChI is InChI=1S/C21H30N2O6S/c1-12(2)15(11-22-20(25)29-21(3,4)5)23-17-14-10-13(27-6)8-9-16(14)30(26)18(17)19(24)28-7/h8-10,12,15,23H,11H2,1-7H3,(H,22,25)/t15-,30?/m1/s1. The van der Waals surface area contributed by atoms with Crippen molar-refractivity contribution in [1.82, 2.24) is 10.6 Å². The Hall–Kier alpha value is -2.55. The summed E-state index contributed by atoms with van der Waals surface area (Å²) in [6.07, 6.45) is -0.533. The first-order valence-corrected chi connectivity index (χ1v) is 10.8. The zero-order valence-corrected chi connectivity index (χ0v) is 19.3. The number of hydrogen-bond donors (Lipinski definition) is 2. The first kappa shape index (κ1) is 23.7. The topological polar surface area (TPSA) is 103 Å². The molecule has 0 aromatic heterocycles. The minimum atomic E-state index is -1.69. The van der Waals surface area contributed by atoms with Gasteiger partial charge in [-0.3, -0.25) is 0 Å². The van der Waals surface area contributed by atoms with Crippen molar-refractivity contribution in [2.45, 2.75) is 51.2 Å². The number of benzene rings is 1. The van der Waals surface area contributed by atoms with Crippen LogP contribution < -0.4 is 15.4 Å². The Labute approximate surface area is 179 Å². The van der Waals surface area contributed by atoms with E-state index in [9.17, 15) is 13.8 Å². The van der Waals surface area contributed by atoms with Gasteiger partial charge >= 0.3 is 12.1 Å². The van der Waals surface area contributed by atoms with Gasteiger partial charge in [0.2, 0.25) is 0 Å². The molecule has 1 unspecified atom stereocenters. The maximum Gasteiger partial charge on any atom is 0.407 e. The molecular formula is C21H30N2O6S. The number of carbonyl (C=O) groups excluding carboxylic acids is 2. The molecule has 0 fully saturated rings. The number of carbonyl (C=O) groups is 2. The van der Waals surface area contributed by atoms with Crippen LogP contribution in [0.5, 0.6) is 5.75 Å². The van der Waals surface area contributed by atoms with Crippen LogP contribution in [0.15, 0.2) is 28.0 Å². The molecule has 2 N–H and O–H groups in total. The van der Waals surface area contributed by atoms with Crippen LogP contribution in [0.1, 0.15) is 40.2 Å². The summed E-state index contributed by atoms with van der Waals surface area (Å²) in [6, 6.07) is 4.83. The van der Waals surface area contributed by atoms with Crippen LogP contribution in [-0.2, 0) is 25.1 Å². The van der Waals surface area contributed by atoms with Crippen molar-refractivity contribution < 1.29 is 28.0 Å². The minimum absolute atomic E-state index is 0.0451. The average Bonchev–Trinajstić information content (AvgIpc) is 2.93. The molecule has 0 aliphatic carbocycles. The lowest BCUT2D eigenvalue weighted by Gasteiger charge is -2.26. The van der Waals surface area contributed by atoms with Gasteiger partial charge in [-0.2, -0.15) is 0 Å². The summed E-state index contributed by atoms with van der Waals surface area (Å²) < 4.78 is 28.4. The molecule has 0 radical (unpaired) electrons. The number of rotatable bonds is 7. The van der Waals surface area contributed by atoms with Gasteiger partial charge in [0, 0.05) is 18.2 Å². The molecule has 1 aliphatic heterocycles. The zero-order valence-electron chi connectivity index (χ0n) is 18.5. The highest BCUT2D eigenvalue weighted by atomic mass is 32.2. The number of methoxy groups -OCH3 is 2. The molecule has 0 spiro atoms. The number of ether oxygens (including phenoxy) is 3. The summed E-state index contributed by atoms with van der Waals surface area (Å²) >= 11 is 0. The summed E-state index contributed by atoms with van der Waals surface area (Å²) in [5, 5.41) is 6.04. The van der Waals surface area contributed by atoms with Crippen molar-refractivity contribution in [3.05, 3.63) is 28.7 Å². The van der Waals surface area contributed by atoms with Gasteiger partial charge in [0.15, 0.2) is 4.91 Å². The Morgan fingerprint density at radius 3 is 2.37 bits per heavy atom. The molecule has 1 amide bonds. The fourth-order valence-corrected chi connectivity index (χ4v) is 4.24. The predicted molar refractivity (Wildman–Crippen MR) is 114 cm³/mol. The third kappa shape index (κ3) is 5.53. The molecule has 0 bridgehead atoms. The Kier molecular flexibility index (Phi) is 7.52. The van der Waals surface area contributed by atoms with Gasteiger partial charge in [-0.15, -0.1) is 0 Å². The van der Waals surface area contributed by atoms with Gasteiger partial charge in [-0.1, -0.05) is 13.8 Å². The Morgan fingerprint density at radius 2 is 1.83 bits per heavy atom. The summed E-state index contributed by atoms with van der Waals surface area (Å²) in [6.45, 7) is 9.57. The summed E-state index contributed by atoms with van der Waals surface area (Å²) in [5.74, 6) is -0.0211. The van der Waals surface area contributed by atoms with Gasteiger partial charge in [0.05, 0.1) is 35.6 Å². The van der Waals surface area contributed by atoms with Crippen LogP contribution in [0.3, 0.4) is 0 Å². The summed E-state index contributed by atoms with van der Waals surface area (Å²) in [7, 11) is 1.10. The zero-order chi connectivity index (χ0) is 22.6. The molecule has 1 heterocycles. The summed E-state index contributed by atoms with van der Waals surface area (Å²) in [4.78, 5) is 25.0. The number of alkyl carbamates (subject to hydrolysis) is 1. The Bertz CT molecular complexity index is 873. The van der Waals surface area contributed by atoms with E-state index in [1.807, 2.05) is 13.8 Å². The van der Waals surface area contributed by atoms with Crippen LogP contribution in [0.2, 0.25) is 0 Å². The Balaban J connectivity index is 2.34. The fraction of sp³-hybridized carbons (Fsp3) is 0.524. The highest BCUT2D eigenvalue weighted by Gasteiger charge is 2.36. The molecule has 2 atom stereocenters. The van der Waals surface area contributed by atoms with E-state index in [1.165, 1.54) is 14.2 Å². The van der Waals surface area contributed by atoms with E-state index < -0.39 is 28.5 Å². The molecule has 1 aliphatic rings. The maximum atomic E-state index is 13.0. The molecule has 2 rings (SSSR count). The lowest BCUT2D eigenvalue weighted by molar-refractivity contribution is -0.135. The molecule has 1 aromatic rings. The van der Waals surface area contributed by atoms with E-state index in [4.69, 9.17) is 14.2 Å². The molecule has 9 heteroatoms. The van der Waals surface area contributed by atoms with Gasteiger partial charge in [0.1, 0.15) is 11.4 Å². The van der Waals surface area contributed by atoms with Gasteiger partial charge in [0.25, 0.3) is 0 Å². The van der Waals surface area contributed by atoms with E-state index in [2.05, 4.69) is 10.6 Å². The number of amides is 1. The second kappa shape index (κ2) is 9.51. The molecule has 166 valence electrons. The average molecular weight is 439 g/mol. The maximum absolute atomic E-state index is 13.0. The van der Waals surface area contributed by atoms with Crippen LogP contribution >= 0.6 is 0 Å². The summed E-state index contributed by atoms with van der Waals surface area (Å²) in [5.41, 5.74) is 0.415. The Morgan fingerprint density at radius 1 is 1.17 bits per heavy atom. The van der Waals surface area contributed by atoms with Crippen molar-refractivity contribution in [2.24, 2.45) is 5.92 Å². The number of nitrogens with one attached hydrogen (secondary N) is 2. The first-order valence-electron chi connectivity index (χ1n) is 9.64. The van der Waals surface area contributed by atoms with E-state index in [-0.39, 0.29) is 23.4 Å². The van der Waals surface area contributed by atoms with Gasteiger partial charge in [-0.05, 0) is 44.9 Å². The third-order valence-electron chi connectivity index (χ3n) is 4.44. The third-order valence-corrected chi connectivity index (χ3v) is 5.94. The van der Waals surface area contributed by atoms with Crippen molar-refractivity contribution in [1.29, 1.82) is 0 Å². The molecule has 0 saturated heterocycles. The highest BCUT2D eigenvalue weighted by molar-refractivity contribution is 7.90. The molecule has 30 heavy (non-hydrogen) atoms. The number of fused-ring (bicyclic) bond motifs is 1. The monoisotopic (exact) mass is 438 g/mol. The van der Waals surface area contributed by atoms with Crippen LogP contribution in [-0.4, -0.2) is 48.7 Å². The van der Waals surface area contributed by atoms with Gasteiger partial charge < -0.3 is 24.8 Å². The second-order valence-electron chi connectivity index (χ2n) is 8.20. The molecule has 0 saturated carbocycles. The fourth-order valence-electron chi connectivity index (χ4n) is 2.88. The largest absolute Gasteiger partial charge is 0.497 e. The quantitative estimate of drug-likeness (QED) is 0.631.